The summed E-state index contributed by atoms with van der Waals surface area (Å²) in [5.74, 6) is 0.903. The molecule has 0 radical (unpaired) electrons. The van der Waals surface area contributed by atoms with Gasteiger partial charge in [-0.25, -0.2) is 0 Å². The molecular weight excluding hydrogens is 340 g/mol. The number of amides is 1. The molecule has 1 heterocycles. The predicted molar refractivity (Wildman–Crippen MR) is 102 cm³/mol. The molecule has 0 saturated heterocycles. The van der Waals surface area contributed by atoms with E-state index in [9.17, 15) is 4.79 Å². The monoisotopic (exact) mass is 364 g/mol. The van der Waals surface area contributed by atoms with Gasteiger partial charge in [0.15, 0.2) is 0 Å². The predicted octanol–water partition coefficient (Wildman–Crippen LogP) is 2.83. The molecule has 1 aliphatic rings. The second kappa shape index (κ2) is 9.61. The van der Waals surface area contributed by atoms with E-state index in [1.165, 1.54) is 0 Å². The second-order valence-corrected chi connectivity index (χ2v) is 5.99. The van der Waals surface area contributed by atoms with Gasteiger partial charge < -0.3 is 20.1 Å². The third-order valence-electron chi connectivity index (χ3n) is 4.27. The number of halogens is 1. The van der Waals surface area contributed by atoms with Crippen LogP contribution in [-0.4, -0.2) is 39.3 Å². The number of carbonyl (C=O) groups is 1. The van der Waals surface area contributed by atoms with E-state index < -0.39 is 0 Å². The molecule has 1 amide bonds. The lowest BCUT2D eigenvalue weighted by atomic mass is 9.98. The van der Waals surface area contributed by atoms with Gasteiger partial charge in [0.25, 0.3) is 0 Å². The van der Waals surface area contributed by atoms with E-state index >= 15 is 0 Å². The summed E-state index contributed by atoms with van der Waals surface area (Å²) >= 11 is 0. The Labute approximate surface area is 154 Å². The fraction of sp³-hybridized carbons (Fsp3) is 0.421. The first kappa shape index (κ1) is 19.5. The van der Waals surface area contributed by atoms with Crippen LogP contribution in [-0.2, 0) is 9.53 Å². The van der Waals surface area contributed by atoms with Gasteiger partial charge >= 0.3 is 0 Å². The molecule has 6 heteroatoms. The summed E-state index contributed by atoms with van der Waals surface area (Å²) in [6, 6.07) is 12.4. The van der Waals surface area contributed by atoms with Crippen molar-refractivity contribution in [3.8, 4) is 5.75 Å². The Bertz CT molecular complexity index is 708. The van der Waals surface area contributed by atoms with Gasteiger partial charge in [0.1, 0.15) is 5.75 Å². The first-order valence-electron chi connectivity index (χ1n) is 8.43. The lowest BCUT2D eigenvalue weighted by Gasteiger charge is -2.19. The Morgan fingerprint density at radius 1 is 1.28 bits per heavy atom. The van der Waals surface area contributed by atoms with Crippen molar-refractivity contribution < 1.29 is 14.3 Å². The summed E-state index contributed by atoms with van der Waals surface area (Å²) in [5.41, 5.74) is 1.07. The molecule has 1 unspecified atom stereocenters. The number of methoxy groups -OCH3 is 1. The quantitative estimate of drug-likeness (QED) is 0.774. The number of hydrogen-bond donors (Lipinski definition) is 2. The highest BCUT2D eigenvalue weighted by Gasteiger charge is 2.22. The molecule has 3 rings (SSSR count). The SMILES string of the molecule is COCCNCC(=O)NC1CCCOc2c1ccc1ccccc21.Cl. The summed E-state index contributed by atoms with van der Waals surface area (Å²) in [5, 5.41) is 8.47. The normalized spacial score (nSPS) is 16.3. The van der Waals surface area contributed by atoms with E-state index in [0.29, 0.717) is 26.3 Å². The molecule has 0 saturated carbocycles. The van der Waals surface area contributed by atoms with Gasteiger partial charge in [0.2, 0.25) is 5.91 Å². The number of nitrogens with one attached hydrogen (secondary N) is 2. The first-order chi connectivity index (χ1) is 11.8. The van der Waals surface area contributed by atoms with Crippen LogP contribution in [0.15, 0.2) is 36.4 Å². The van der Waals surface area contributed by atoms with Gasteiger partial charge in [-0.1, -0.05) is 36.4 Å². The Morgan fingerprint density at radius 2 is 2.12 bits per heavy atom. The van der Waals surface area contributed by atoms with Gasteiger partial charge in [0.05, 0.1) is 25.8 Å². The molecular formula is C19H25ClN2O3. The van der Waals surface area contributed by atoms with Crippen LogP contribution < -0.4 is 15.4 Å². The highest BCUT2D eigenvalue weighted by molar-refractivity contribution is 5.90. The number of hydrogen-bond acceptors (Lipinski definition) is 4. The zero-order valence-corrected chi connectivity index (χ0v) is 15.2. The van der Waals surface area contributed by atoms with Gasteiger partial charge in [0, 0.05) is 24.6 Å². The molecule has 1 atom stereocenters. The van der Waals surface area contributed by atoms with Crippen LogP contribution in [0.3, 0.4) is 0 Å². The molecule has 0 aliphatic carbocycles. The van der Waals surface area contributed by atoms with E-state index in [4.69, 9.17) is 9.47 Å². The summed E-state index contributed by atoms with van der Waals surface area (Å²) in [6.07, 6.45) is 1.81. The largest absolute Gasteiger partial charge is 0.493 e. The Kier molecular flexibility index (Phi) is 7.50. The summed E-state index contributed by atoms with van der Waals surface area (Å²) in [6.45, 7) is 2.24. The van der Waals surface area contributed by atoms with Gasteiger partial charge in [-0.2, -0.15) is 0 Å². The highest BCUT2D eigenvalue weighted by atomic mass is 35.5. The molecule has 136 valence electrons. The summed E-state index contributed by atoms with van der Waals surface area (Å²) in [4.78, 5) is 12.2. The van der Waals surface area contributed by atoms with Crippen molar-refractivity contribution >= 4 is 29.1 Å². The maximum Gasteiger partial charge on any atom is 0.234 e. The Morgan fingerprint density at radius 3 is 2.96 bits per heavy atom. The van der Waals surface area contributed by atoms with Crippen molar-refractivity contribution in [2.24, 2.45) is 0 Å². The highest BCUT2D eigenvalue weighted by Crippen LogP contribution is 2.37. The van der Waals surface area contributed by atoms with Crippen molar-refractivity contribution in [1.82, 2.24) is 10.6 Å². The van der Waals surface area contributed by atoms with Crippen LogP contribution in [0.5, 0.6) is 5.75 Å². The van der Waals surface area contributed by atoms with Crippen molar-refractivity contribution in [1.29, 1.82) is 0 Å². The van der Waals surface area contributed by atoms with Crippen LogP contribution >= 0.6 is 12.4 Å². The minimum Gasteiger partial charge on any atom is -0.493 e. The molecule has 25 heavy (non-hydrogen) atoms. The molecule has 0 spiro atoms. The van der Waals surface area contributed by atoms with Crippen molar-refractivity contribution in [3.63, 3.8) is 0 Å². The van der Waals surface area contributed by atoms with Gasteiger partial charge in [-0.3, -0.25) is 4.79 Å². The van der Waals surface area contributed by atoms with Crippen LogP contribution in [0.4, 0.5) is 0 Å². The molecule has 2 aromatic carbocycles. The van der Waals surface area contributed by atoms with Crippen molar-refractivity contribution in [3.05, 3.63) is 42.0 Å². The maximum atomic E-state index is 12.2. The van der Waals surface area contributed by atoms with Gasteiger partial charge in [-0.05, 0) is 18.2 Å². The minimum atomic E-state index is -0.0103. The first-order valence-corrected chi connectivity index (χ1v) is 8.43. The molecule has 1 aliphatic heterocycles. The maximum absolute atomic E-state index is 12.2. The fourth-order valence-corrected chi connectivity index (χ4v) is 3.08. The van der Waals surface area contributed by atoms with Crippen molar-refractivity contribution in [2.75, 3.05) is 33.4 Å². The van der Waals surface area contributed by atoms with Crippen molar-refractivity contribution in [2.45, 2.75) is 18.9 Å². The summed E-state index contributed by atoms with van der Waals surface area (Å²) < 4.78 is 11.0. The number of ether oxygens (including phenoxy) is 2. The van der Waals surface area contributed by atoms with E-state index in [-0.39, 0.29) is 24.4 Å². The van der Waals surface area contributed by atoms with Crippen LogP contribution in [0.25, 0.3) is 10.8 Å². The average molecular weight is 365 g/mol. The number of rotatable bonds is 6. The van der Waals surface area contributed by atoms with Crippen LogP contribution in [0, 0.1) is 0 Å². The lowest BCUT2D eigenvalue weighted by molar-refractivity contribution is -0.121. The van der Waals surface area contributed by atoms with Gasteiger partial charge in [-0.15, -0.1) is 12.4 Å². The lowest BCUT2D eigenvalue weighted by Crippen LogP contribution is -2.37. The molecule has 0 bridgehead atoms. The smallest absolute Gasteiger partial charge is 0.234 e. The average Bonchev–Trinajstić information content (AvgIpc) is 2.81. The van der Waals surface area contributed by atoms with E-state index in [2.05, 4.69) is 34.9 Å². The fourth-order valence-electron chi connectivity index (χ4n) is 3.08. The Balaban J connectivity index is 0.00000225. The molecule has 0 aromatic heterocycles. The number of fused-ring (bicyclic) bond motifs is 3. The zero-order valence-electron chi connectivity index (χ0n) is 14.4. The zero-order chi connectivity index (χ0) is 16.8. The second-order valence-electron chi connectivity index (χ2n) is 5.99. The third kappa shape index (κ3) is 4.84. The summed E-state index contributed by atoms with van der Waals surface area (Å²) in [7, 11) is 1.65. The molecule has 5 nitrogen and oxygen atoms in total. The van der Waals surface area contributed by atoms with E-state index in [0.717, 1.165) is 34.9 Å². The van der Waals surface area contributed by atoms with Crippen LogP contribution in [0.2, 0.25) is 0 Å². The Hall–Kier alpha value is -1.82. The van der Waals surface area contributed by atoms with E-state index in [1.807, 2.05) is 12.1 Å². The molecule has 2 aromatic rings. The number of benzene rings is 2. The van der Waals surface area contributed by atoms with Crippen LogP contribution in [0.1, 0.15) is 24.4 Å². The minimum absolute atomic E-state index is 0. The topological polar surface area (TPSA) is 59.6 Å². The molecule has 2 N–H and O–H groups in total. The van der Waals surface area contributed by atoms with E-state index in [1.54, 1.807) is 7.11 Å². The molecule has 0 fully saturated rings. The standard InChI is InChI=1S/C19H24N2O3.ClH/c1-23-12-10-20-13-18(22)21-17-7-4-11-24-19-15-6-3-2-5-14(15)8-9-16(17)19;/h2-3,5-6,8-9,17,20H,4,7,10-13H2,1H3,(H,21,22);1H. The number of carbonyl (C=O) groups excluding carboxylic acids is 1. The third-order valence-corrected chi connectivity index (χ3v) is 4.27.